The van der Waals surface area contributed by atoms with E-state index in [1.807, 2.05) is 0 Å². The summed E-state index contributed by atoms with van der Waals surface area (Å²) in [4.78, 5) is 0.853. The van der Waals surface area contributed by atoms with Crippen molar-refractivity contribution in [1.29, 1.82) is 0 Å². The van der Waals surface area contributed by atoms with Gasteiger partial charge >= 0.3 is 0 Å². The first-order chi connectivity index (χ1) is 6.74. The van der Waals surface area contributed by atoms with E-state index in [1.54, 1.807) is 0 Å². The maximum atomic E-state index is 3.83. The van der Waals surface area contributed by atoms with Crippen molar-refractivity contribution < 1.29 is 0 Å². The number of halogens is 1. The number of hydrogen-bond acceptors (Lipinski definition) is 0. The minimum Gasteiger partial charge on any atom is -0.0888 e. The summed E-state index contributed by atoms with van der Waals surface area (Å²) in [6, 6.07) is 0. The second-order valence-corrected chi connectivity index (χ2v) is 6.85. The minimum atomic E-state index is 0.846. The summed E-state index contributed by atoms with van der Waals surface area (Å²) >= 11 is 3.83. The highest BCUT2D eigenvalue weighted by atomic mass is 79.9. The van der Waals surface area contributed by atoms with Gasteiger partial charge in [0.05, 0.1) is 0 Å². The van der Waals surface area contributed by atoms with Crippen LogP contribution in [0.25, 0.3) is 0 Å². The van der Waals surface area contributed by atoms with Crippen molar-refractivity contribution in [3.63, 3.8) is 0 Å². The van der Waals surface area contributed by atoms with Crippen molar-refractivity contribution in [3.8, 4) is 0 Å². The Bertz CT molecular complexity index is 256. The lowest BCUT2D eigenvalue weighted by molar-refractivity contribution is 0.257. The van der Waals surface area contributed by atoms with Crippen LogP contribution in [0, 0.1) is 29.6 Å². The van der Waals surface area contributed by atoms with Crippen LogP contribution in [0.1, 0.15) is 32.6 Å². The molecule has 0 radical (unpaired) electrons. The van der Waals surface area contributed by atoms with E-state index in [0.29, 0.717) is 0 Å². The molecule has 6 atom stereocenters. The fourth-order valence-electron chi connectivity index (χ4n) is 4.01. The molecular weight excluding hydrogens is 236 g/mol. The molecular formula is C13H19Br. The van der Waals surface area contributed by atoms with E-state index >= 15 is 0 Å². The van der Waals surface area contributed by atoms with Gasteiger partial charge in [0.25, 0.3) is 0 Å². The third kappa shape index (κ3) is 1.39. The van der Waals surface area contributed by atoms with E-state index in [0.717, 1.165) is 34.4 Å². The third-order valence-corrected chi connectivity index (χ3v) is 5.83. The second kappa shape index (κ2) is 3.37. The predicted molar refractivity (Wildman–Crippen MR) is 63.4 cm³/mol. The number of rotatable bonds is 1. The zero-order valence-electron chi connectivity index (χ0n) is 8.83. The van der Waals surface area contributed by atoms with Crippen molar-refractivity contribution in [3.05, 3.63) is 12.2 Å². The van der Waals surface area contributed by atoms with Crippen LogP contribution in [0.4, 0.5) is 0 Å². The molecule has 3 aliphatic rings. The van der Waals surface area contributed by atoms with E-state index in [9.17, 15) is 0 Å². The molecule has 14 heavy (non-hydrogen) atoms. The highest BCUT2D eigenvalue weighted by Crippen LogP contribution is 2.55. The van der Waals surface area contributed by atoms with Crippen LogP contribution in [-0.4, -0.2) is 4.83 Å². The van der Waals surface area contributed by atoms with E-state index in [1.165, 1.54) is 25.7 Å². The first-order valence-corrected chi connectivity index (χ1v) is 6.98. The van der Waals surface area contributed by atoms with E-state index in [4.69, 9.17) is 0 Å². The molecule has 1 heteroatoms. The Morgan fingerprint density at radius 2 is 1.86 bits per heavy atom. The number of hydrogen-bond donors (Lipinski definition) is 0. The number of fused-ring (bicyclic) bond motifs is 2. The molecule has 78 valence electrons. The van der Waals surface area contributed by atoms with E-state index in [-0.39, 0.29) is 0 Å². The molecule has 0 N–H and O–H groups in total. The Kier molecular flexibility index (Phi) is 2.27. The Labute approximate surface area is 95.3 Å². The Morgan fingerprint density at radius 3 is 2.36 bits per heavy atom. The lowest BCUT2D eigenvalue weighted by atomic mass is 9.78. The second-order valence-electron chi connectivity index (χ2n) is 5.67. The maximum absolute atomic E-state index is 3.83. The van der Waals surface area contributed by atoms with Crippen LogP contribution >= 0.6 is 15.9 Å². The van der Waals surface area contributed by atoms with Crippen molar-refractivity contribution in [2.75, 3.05) is 0 Å². The van der Waals surface area contributed by atoms with Gasteiger partial charge in [-0.3, -0.25) is 0 Å². The van der Waals surface area contributed by atoms with Gasteiger partial charge in [0, 0.05) is 4.83 Å². The Balaban J connectivity index is 1.69. The summed E-state index contributed by atoms with van der Waals surface area (Å²) in [6.07, 6.45) is 10.8. The standard InChI is InChI=1S/C13H19Br/c1-8-2-3-9(4-8)12-6-11-5-10(12)7-13(11)14/h2-3,8-13H,4-7H2,1H3. The van der Waals surface area contributed by atoms with Gasteiger partial charge < -0.3 is 0 Å². The molecule has 3 aliphatic carbocycles. The van der Waals surface area contributed by atoms with Gasteiger partial charge in [0.15, 0.2) is 0 Å². The summed E-state index contributed by atoms with van der Waals surface area (Å²) in [5.41, 5.74) is 0. The lowest BCUT2D eigenvalue weighted by Gasteiger charge is -2.29. The van der Waals surface area contributed by atoms with Crippen molar-refractivity contribution >= 4 is 15.9 Å². The lowest BCUT2D eigenvalue weighted by Crippen LogP contribution is -2.23. The van der Waals surface area contributed by atoms with Gasteiger partial charge in [-0.1, -0.05) is 35.0 Å². The molecule has 0 aliphatic heterocycles. The third-order valence-electron chi connectivity index (χ3n) is 4.71. The molecule has 0 saturated heterocycles. The summed E-state index contributed by atoms with van der Waals surface area (Å²) in [5, 5.41) is 0. The zero-order valence-corrected chi connectivity index (χ0v) is 10.4. The molecule has 0 aromatic rings. The fourth-order valence-corrected chi connectivity index (χ4v) is 4.92. The smallest absolute Gasteiger partial charge is 0.0177 e. The van der Waals surface area contributed by atoms with Crippen LogP contribution in [0.5, 0.6) is 0 Å². The molecule has 0 spiro atoms. The summed E-state index contributed by atoms with van der Waals surface area (Å²) < 4.78 is 0. The summed E-state index contributed by atoms with van der Waals surface area (Å²) in [7, 11) is 0. The molecule has 2 fully saturated rings. The molecule has 3 rings (SSSR count). The molecule has 0 aromatic carbocycles. The average molecular weight is 255 g/mol. The van der Waals surface area contributed by atoms with Crippen LogP contribution in [-0.2, 0) is 0 Å². The first kappa shape index (κ1) is 9.45. The summed E-state index contributed by atoms with van der Waals surface area (Å²) in [5.74, 6) is 4.87. The van der Waals surface area contributed by atoms with Crippen molar-refractivity contribution in [2.24, 2.45) is 29.6 Å². The first-order valence-electron chi connectivity index (χ1n) is 6.06. The molecule has 2 saturated carbocycles. The molecule has 6 unspecified atom stereocenters. The van der Waals surface area contributed by atoms with Gasteiger partial charge in [-0.2, -0.15) is 0 Å². The van der Waals surface area contributed by atoms with Crippen molar-refractivity contribution in [2.45, 2.75) is 37.4 Å². The average Bonchev–Trinajstić information content (AvgIpc) is 2.77. The summed E-state index contributed by atoms with van der Waals surface area (Å²) in [6.45, 7) is 2.36. The Hall–Kier alpha value is 0.220. The fraction of sp³-hybridized carbons (Fsp3) is 0.846. The van der Waals surface area contributed by atoms with Gasteiger partial charge in [0.1, 0.15) is 0 Å². The van der Waals surface area contributed by atoms with Crippen LogP contribution < -0.4 is 0 Å². The van der Waals surface area contributed by atoms with Crippen LogP contribution in [0.3, 0.4) is 0 Å². The van der Waals surface area contributed by atoms with E-state index < -0.39 is 0 Å². The zero-order chi connectivity index (χ0) is 9.71. The SMILES string of the molecule is CC1C=CC(C2CC3CC2CC3Br)C1. The molecule has 0 nitrogen and oxygen atoms in total. The quantitative estimate of drug-likeness (QED) is 0.490. The Morgan fingerprint density at radius 1 is 1.00 bits per heavy atom. The number of alkyl halides is 1. The normalized spacial score (nSPS) is 55.9. The molecule has 2 bridgehead atoms. The molecule has 0 heterocycles. The predicted octanol–water partition coefficient (Wildman–Crippen LogP) is 4.01. The minimum absolute atomic E-state index is 0.846. The maximum Gasteiger partial charge on any atom is 0.0177 e. The highest BCUT2D eigenvalue weighted by molar-refractivity contribution is 9.09. The number of allylic oxidation sites excluding steroid dienone is 2. The highest BCUT2D eigenvalue weighted by Gasteiger charge is 2.47. The molecule has 0 amide bonds. The van der Waals surface area contributed by atoms with E-state index in [2.05, 4.69) is 35.0 Å². The largest absolute Gasteiger partial charge is 0.0888 e. The van der Waals surface area contributed by atoms with Crippen molar-refractivity contribution in [1.82, 2.24) is 0 Å². The van der Waals surface area contributed by atoms with Crippen LogP contribution in [0.2, 0.25) is 0 Å². The topological polar surface area (TPSA) is 0 Å². The van der Waals surface area contributed by atoms with Gasteiger partial charge in [-0.15, -0.1) is 0 Å². The van der Waals surface area contributed by atoms with Crippen LogP contribution in [0.15, 0.2) is 12.2 Å². The van der Waals surface area contributed by atoms with Gasteiger partial charge in [-0.25, -0.2) is 0 Å². The monoisotopic (exact) mass is 254 g/mol. The van der Waals surface area contributed by atoms with Gasteiger partial charge in [0.2, 0.25) is 0 Å². The molecule has 0 aromatic heterocycles. The van der Waals surface area contributed by atoms with Gasteiger partial charge in [-0.05, 0) is 55.3 Å².